The molecule has 0 spiro atoms. The lowest BCUT2D eigenvalue weighted by Gasteiger charge is -2.14. The minimum Gasteiger partial charge on any atom is -0.340 e. The summed E-state index contributed by atoms with van der Waals surface area (Å²) < 4.78 is 1.69. The van der Waals surface area contributed by atoms with Gasteiger partial charge in [-0.2, -0.15) is 5.10 Å². The second kappa shape index (κ2) is 7.93. The molecule has 29 heavy (non-hydrogen) atoms. The van der Waals surface area contributed by atoms with Crippen molar-refractivity contribution < 1.29 is 14.4 Å². The van der Waals surface area contributed by atoms with E-state index in [2.05, 4.69) is 26.0 Å². The average molecular weight is 390 g/mol. The van der Waals surface area contributed by atoms with Crippen molar-refractivity contribution in [1.29, 1.82) is 0 Å². The van der Waals surface area contributed by atoms with E-state index in [1.165, 1.54) is 6.33 Å². The summed E-state index contributed by atoms with van der Waals surface area (Å²) in [5, 5.41) is 12.1. The summed E-state index contributed by atoms with van der Waals surface area (Å²) in [4.78, 5) is 41.0. The molecule has 3 aromatic rings. The van der Waals surface area contributed by atoms with Gasteiger partial charge in [-0.3, -0.25) is 14.4 Å². The number of amides is 3. The van der Waals surface area contributed by atoms with E-state index in [4.69, 9.17) is 0 Å². The zero-order valence-corrected chi connectivity index (χ0v) is 15.3. The highest BCUT2D eigenvalue weighted by molar-refractivity contribution is 6.11. The van der Waals surface area contributed by atoms with Gasteiger partial charge in [0.15, 0.2) is 0 Å². The summed E-state index contributed by atoms with van der Waals surface area (Å²) in [5.41, 5.74) is 2.40. The zero-order chi connectivity index (χ0) is 20.2. The van der Waals surface area contributed by atoms with Crippen LogP contribution in [0.2, 0.25) is 0 Å². The first-order valence-electron chi connectivity index (χ1n) is 9.00. The lowest BCUT2D eigenvalue weighted by Crippen LogP contribution is -2.43. The second-order valence-electron chi connectivity index (χ2n) is 6.60. The van der Waals surface area contributed by atoms with E-state index in [-0.39, 0.29) is 12.3 Å². The van der Waals surface area contributed by atoms with Crippen molar-refractivity contribution in [3.05, 3.63) is 72.3 Å². The molecule has 1 aromatic heterocycles. The molecule has 4 rings (SSSR count). The first-order chi connectivity index (χ1) is 14.1. The van der Waals surface area contributed by atoms with Gasteiger partial charge < -0.3 is 16.0 Å². The molecule has 0 radical (unpaired) electrons. The van der Waals surface area contributed by atoms with Crippen LogP contribution in [0.4, 0.5) is 11.4 Å². The van der Waals surface area contributed by atoms with Crippen LogP contribution in [0.25, 0.3) is 0 Å². The Morgan fingerprint density at radius 1 is 1.10 bits per heavy atom. The van der Waals surface area contributed by atoms with Crippen LogP contribution >= 0.6 is 0 Å². The average Bonchev–Trinajstić information content (AvgIpc) is 3.18. The summed E-state index contributed by atoms with van der Waals surface area (Å²) in [6.07, 6.45) is 2.92. The van der Waals surface area contributed by atoms with Crippen molar-refractivity contribution in [3.8, 4) is 0 Å². The molecule has 2 aromatic carbocycles. The molecule has 146 valence electrons. The molecular weight excluding hydrogens is 372 g/mol. The normalized spacial score (nSPS) is 15.7. The van der Waals surface area contributed by atoms with Gasteiger partial charge in [-0.1, -0.05) is 24.3 Å². The SMILES string of the molecule is O=C(CC1NC(=O)c2ccccc2NC1=O)Nc1ccc(Cn2cncn2)cc1. The zero-order valence-electron chi connectivity index (χ0n) is 15.3. The number of hydrogen-bond donors (Lipinski definition) is 3. The largest absolute Gasteiger partial charge is 0.340 e. The third-order valence-corrected chi connectivity index (χ3v) is 4.49. The van der Waals surface area contributed by atoms with Crippen LogP contribution in [0.3, 0.4) is 0 Å². The fourth-order valence-corrected chi connectivity index (χ4v) is 3.05. The van der Waals surface area contributed by atoms with E-state index in [1.807, 2.05) is 12.1 Å². The fraction of sp³-hybridized carbons (Fsp3) is 0.150. The van der Waals surface area contributed by atoms with E-state index < -0.39 is 17.9 Å². The number of carbonyl (C=O) groups is 3. The highest BCUT2D eigenvalue weighted by Crippen LogP contribution is 2.19. The van der Waals surface area contributed by atoms with Crippen molar-refractivity contribution in [2.24, 2.45) is 0 Å². The Kier molecular flexibility index (Phi) is 5.02. The highest BCUT2D eigenvalue weighted by atomic mass is 16.2. The monoisotopic (exact) mass is 390 g/mol. The van der Waals surface area contributed by atoms with E-state index in [1.54, 1.807) is 47.4 Å². The Morgan fingerprint density at radius 2 is 1.90 bits per heavy atom. The Hall–Kier alpha value is -4.01. The molecule has 0 saturated heterocycles. The lowest BCUT2D eigenvalue weighted by molar-refractivity contribution is -0.122. The summed E-state index contributed by atoms with van der Waals surface area (Å²) >= 11 is 0. The number of fused-ring (bicyclic) bond motifs is 1. The van der Waals surface area contributed by atoms with Crippen LogP contribution in [0.15, 0.2) is 61.2 Å². The van der Waals surface area contributed by atoms with E-state index in [9.17, 15) is 14.4 Å². The van der Waals surface area contributed by atoms with Crippen molar-refractivity contribution >= 4 is 29.1 Å². The van der Waals surface area contributed by atoms with Crippen LogP contribution < -0.4 is 16.0 Å². The Bertz CT molecular complexity index is 1050. The Labute approximate surface area is 166 Å². The molecule has 3 N–H and O–H groups in total. The van der Waals surface area contributed by atoms with Crippen LogP contribution in [0.5, 0.6) is 0 Å². The Balaban J connectivity index is 1.37. The molecule has 9 nitrogen and oxygen atoms in total. The van der Waals surface area contributed by atoms with Crippen molar-refractivity contribution in [1.82, 2.24) is 20.1 Å². The van der Waals surface area contributed by atoms with E-state index in [0.717, 1.165) is 5.56 Å². The number of nitrogens with one attached hydrogen (secondary N) is 3. The van der Waals surface area contributed by atoms with E-state index in [0.29, 0.717) is 23.5 Å². The highest BCUT2D eigenvalue weighted by Gasteiger charge is 2.29. The fourth-order valence-electron chi connectivity index (χ4n) is 3.05. The van der Waals surface area contributed by atoms with Crippen molar-refractivity contribution in [2.75, 3.05) is 10.6 Å². The molecule has 1 unspecified atom stereocenters. The van der Waals surface area contributed by atoms with Gasteiger partial charge in [0.1, 0.15) is 18.7 Å². The van der Waals surface area contributed by atoms with Crippen LogP contribution in [-0.4, -0.2) is 38.5 Å². The molecule has 0 fully saturated rings. The number of benzene rings is 2. The molecule has 1 atom stereocenters. The van der Waals surface area contributed by atoms with Gasteiger partial charge in [0.25, 0.3) is 5.91 Å². The molecular formula is C20H18N6O3. The lowest BCUT2D eigenvalue weighted by atomic mass is 10.1. The number of hydrogen-bond acceptors (Lipinski definition) is 5. The molecule has 0 bridgehead atoms. The molecule has 9 heteroatoms. The quantitative estimate of drug-likeness (QED) is 0.609. The Morgan fingerprint density at radius 3 is 2.66 bits per heavy atom. The predicted octanol–water partition coefficient (Wildman–Crippen LogP) is 1.41. The van der Waals surface area contributed by atoms with Crippen LogP contribution in [0.1, 0.15) is 22.3 Å². The maximum Gasteiger partial charge on any atom is 0.254 e. The van der Waals surface area contributed by atoms with Gasteiger partial charge in [-0.05, 0) is 29.8 Å². The minimum atomic E-state index is -0.957. The number of rotatable bonds is 5. The van der Waals surface area contributed by atoms with Gasteiger partial charge in [0.2, 0.25) is 11.8 Å². The summed E-state index contributed by atoms with van der Waals surface area (Å²) in [7, 11) is 0. The van der Waals surface area contributed by atoms with Crippen molar-refractivity contribution in [3.63, 3.8) is 0 Å². The van der Waals surface area contributed by atoms with Gasteiger partial charge in [-0.25, -0.2) is 9.67 Å². The maximum atomic E-state index is 12.4. The minimum absolute atomic E-state index is 0.174. The molecule has 0 aliphatic carbocycles. The number of nitrogens with zero attached hydrogens (tertiary/aromatic N) is 3. The van der Waals surface area contributed by atoms with Gasteiger partial charge in [0, 0.05) is 5.69 Å². The smallest absolute Gasteiger partial charge is 0.254 e. The maximum absolute atomic E-state index is 12.4. The number of para-hydroxylation sites is 1. The standard InChI is InChI=1S/C20H18N6O3/c27-18(23-14-7-5-13(6-8-14)10-26-12-21-11-22-26)9-17-20(29)24-16-4-2-1-3-15(16)19(28)25-17/h1-8,11-12,17H,9-10H2,(H,23,27)(H,24,29)(H,25,28). The third kappa shape index (κ3) is 4.29. The van der Waals surface area contributed by atoms with Gasteiger partial charge >= 0.3 is 0 Å². The molecule has 1 aliphatic heterocycles. The summed E-state index contributed by atoms with van der Waals surface area (Å²) in [6, 6.07) is 13.0. The number of anilines is 2. The second-order valence-corrected chi connectivity index (χ2v) is 6.60. The predicted molar refractivity (Wildman–Crippen MR) is 105 cm³/mol. The number of aromatic nitrogens is 3. The first-order valence-corrected chi connectivity index (χ1v) is 9.00. The molecule has 1 aliphatic rings. The van der Waals surface area contributed by atoms with Gasteiger partial charge in [0.05, 0.1) is 24.2 Å². The van der Waals surface area contributed by atoms with Crippen LogP contribution in [0, 0.1) is 0 Å². The third-order valence-electron chi connectivity index (χ3n) is 4.49. The molecule has 3 amide bonds. The number of carbonyl (C=O) groups excluding carboxylic acids is 3. The topological polar surface area (TPSA) is 118 Å². The van der Waals surface area contributed by atoms with Gasteiger partial charge in [-0.15, -0.1) is 0 Å². The van der Waals surface area contributed by atoms with E-state index >= 15 is 0 Å². The molecule has 0 saturated carbocycles. The first kappa shape index (κ1) is 18.4. The molecule has 2 heterocycles. The van der Waals surface area contributed by atoms with Crippen LogP contribution in [-0.2, 0) is 16.1 Å². The van der Waals surface area contributed by atoms with Crippen molar-refractivity contribution in [2.45, 2.75) is 19.0 Å². The summed E-state index contributed by atoms with van der Waals surface area (Å²) in [6.45, 7) is 0.572. The summed E-state index contributed by atoms with van der Waals surface area (Å²) in [5.74, 6) is -1.20.